The Labute approximate surface area is 79.8 Å². The van der Waals surface area contributed by atoms with Crippen LogP contribution in [0.2, 0.25) is 0 Å². The molecule has 84 valence electrons. The Morgan fingerprint density at radius 3 is 2.71 bits per heavy atom. The third kappa shape index (κ3) is 4.26. The molecule has 1 N–H and O–H groups in total. The van der Waals surface area contributed by atoms with Crippen molar-refractivity contribution in [3.63, 3.8) is 0 Å². The molecule has 1 heterocycles. The molecule has 0 amide bonds. The lowest BCUT2D eigenvalue weighted by Gasteiger charge is -2.27. The first-order chi connectivity index (χ1) is 6.49. The Morgan fingerprint density at radius 1 is 1.43 bits per heavy atom. The van der Waals surface area contributed by atoms with Crippen molar-refractivity contribution >= 4 is 0 Å². The van der Waals surface area contributed by atoms with Crippen LogP contribution in [0.3, 0.4) is 0 Å². The van der Waals surface area contributed by atoms with Crippen LogP contribution in [0.15, 0.2) is 0 Å². The van der Waals surface area contributed by atoms with Crippen LogP contribution in [0.1, 0.15) is 12.8 Å². The van der Waals surface area contributed by atoms with Gasteiger partial charge in [-0.2, -0.15) is 13.2 Å². The first-order valence-electron chi connectivity index (χ1n) is 4.43. The summed E-state index contributed by atoms with van der Waals surface area (Å²) in [5.74, 6) is 0. The van der Waals surface area contributed by atoms with Gasteiger partial charge in [0, 0.05) is 6.61 Å². The predicted molar refractivity (Wildman–Crippen MR) is 41.9 cm³/mol. The van der Waals surface area contributed by atoms with Crippen LogP contribution >= 0.6 is 0 Å². The van der Waals surface area contributed by atoms with Gasteiger partial charge in [0.15, 0.2) is 0 Å². The van der Waals surface area contributed by atoms with Crippen LogP contribution in [-0.2, 0) is 9.47 Å². The monoisotopic (exact) mass is 214 g/mol. The minimum Gasteiger partial charge on any atom is -0.390 e. The molecule has 0 aromatic carbocycles. The van der Waals surface area contributed by atoms with Crippen molar-refractivity contribution in [1.29, 1.82) is 0 Å². The molecule has 1 aliphatic rings. The van der Waals surface area contributed by atoms with Gasteiger partial charge in [-0.3, -0.25) is 0 Å². The first-order valence-corrected chi connectivity index (χ1v) is 4.43. The summed E-state index contributed by atoms with van der Waals surface area (Å²) in [6, 6.07) is 0. The van der Waals surface area contributed by atoms with Crippen LogP contribution in [0.25, 0.3) is 0 Å². The molecule has 0 aromatic rings. The van der Waals surface area contributed by atoms with Crippen molar-refractivity contribution < 1.29 is 27.8 Å². The van der Waals surface area contributed by atoms with E-state index >= 15 is 0 Å². The summed E-state index contributed by atoms with van der Waals surface area (Å²) < 4.78 is 45.0. The topological polar surface area (TPSA) is 38.7 Å². The maximum Gasteiger partial charge on any atom is 0.391 e. The lowest BCUT2D eigenvalue weighted by atomic mass is 10.1. The van der Waals surface area contributed by atoms with Crippen molar-refractivity contribution in [2.75, 3.05) is 19.8 Å². The van der Waals surface area contributed by atoms with Gasteiger partial charge in [-0.15, -0.1) is 0 Å². The van der Waals surface area contributed by atoms with E-state index in [-0.39, 0.29) is 6.61 Å². The summed E-state index contributed by atoms with van der Waals surface area (Å²) in [6.45, 7) is 0.175. The Kier molecular flexibility index (Phi) is 4.15. The fraction of sp³-hybridized carbons (Fsp3) is 1.00. The highest BCUT2D eigenvalue weighted by Crippen LogP contribution is 2.20. The van der Waals surface area contributed by atoms with Gasteiger partial charge in [0.25, 0.3) is 0 Å². The van der Waals surface area contributed by atoms with Gasteiger partial charge in [0.2, 0.25) is 0 Å². The second kappa shape index (κ2) is 4.95. The van der Waals surface area contributed by atoms with Gasteiger partial charge in [-0.25, -0.2) is 0 Å². The average molecular weight is 214 g/mol. The van der Waals surface area contributed by atoms with Crippen molar-refractivity contribution in [2.24, 2.45) is 0 Å². The number of hydrogen-bond donors (Lipinski definition) is 1. The number of aliphatic hydroxyl groups excluding tert-OH is 1. The van der Waals surface area contributed by atoms with Crippen LogP contribution < -0.4 is 0 Å². The molecule has 6 heteroatoms. The fourth-order valence-electron chi connectivity index (χ4n) is 1.19. The first kappa shape index (κ1) is 11.7. The molecule has 14 heavy (non-hydrogen) atoms. The summed E-state index contributed by atoms with van der Waals surface area (Å²) in [5, 5.41) is 9.31. The molecule has 0 radical (unpaired) electrons. The minimum atomic E-state index is -4.21. The molecule has 2 atom stereocenters. The Bertz CT molecular complexity index is 172. The Morgan fingerprint density at radius 2 is 2.14 bits per heavy atom. The number of hydrogen-bond acceptors (Lipinski definition) is 3. The zero-order valence-electron chi connectivity index (χ0n) is 7.59. The molecule has 0 aliphatic carbocycles. The van der Waals surface area contributed by atoms with Gasteiger partial charge in [-0.1, -0.05) is 0 Å². The molecule has 3 nitrogen and oxygen atoms in total. The Hall–Kier alpha value is -0.330. The van der Waals surface area contributed by atoms with Crippen molar-refractivity contribution in [3.05, 3.63) is 0 Å². The van der Waals surface area contributed by atoms with Crippen LogP contribution in [-0.4, -0.2) is 43.3 Å². The van der Waals surface area contributed by atoms with Gasteiger partial charge in [0.1, 0.15) is 6.10 Å². The molecule has 1 rings (SSSR count). The number of halogens is 3. The SMILES string of the molecule is OC1CCOCC1OCCC(F)(F)F. The summed E-state index contributed by atoms with van der Waals surface area (Å²) in [4.78, 5) is 0. The summed E-state index contributed by atoms with van der Waals surface area (Å²) in [6.07, 6.45) is -6.11. The highest BCUT2D eigenvalue weighted by atomic mass is 19.4. The number of rotatable bonds is 3. The molecule has 2 unspecified atom stereocenters. The molecule has 1 aliphatic heterocycles. The van der Waals surface area contributed by atoms with Gasteiger partial charge >= 0.3 is 6.18 Å². The number of aliphatic hydroxyl groups is 1. The predicted octanol–water partition coefficient (Wildman–Crippen LogP) is 1.11. The largest absolute Gasteiger partial charge is 0.391 e. The van der Waals surface area contributed by atoms with E-state index in [1.165, 1.54) is 0 Å². The van der Waals surface area contributed by atoms with E-state index in [0.717, 1.165) is 0 Å². The second-order valence-corrected chi connectivity index (χ2v) is 3.21. The van der Waals surface area contributed by atoms with E-state index < -0.39 is 31.4 Å². The molecule has 0 spiro atoms. The van der Waals surface area contributed by atoms with E-state index in [4.69, 9.17) is 9.47 Å². The molecule has 0 bridgehead atoms. The third-order valence-corrected chi connectivity index (χ3v) is 1.99. The second-order valence-electron chi connectivity index (χ2n) is 3.21. The highest BCUT2D eigenvalue weighted by molar-refractivity contribution is 4.72. The number of ether oxygens (including phenoxy) is 2. The lowest BCUT2D eigenvalue weighted by Crippen LogP contribution is -2.39. The van der Waals surface area contributed by atoms with E-state index in [2.05, 4.69) is 0 Å². The maximum absolute atomic E-state index is 11.7. The highest BCUT2D eigenvalue weighted by Gasteiger charge is 2.29. The van der Waals surface area contributed by atoms with E-state index in [9.17, 15) is 18.3 Å². The molecular weight excluding hydrogens is 201 g/mol. The zero-order chi connectivity index (χ0) is 10.6. The molecular formula is C8H13F3O3. The molecule has 0 aromatic heterocycles. The fourth-order valence-corrected chi connectivity index (χ4v) is 1.19. The van der Waals surface area contributed by atoms with Crippen LogP contribution in [0, 0.1) is 0 Å². The maximum atomic E-state index is 11.7. The van der Waals surface area contributed by atoms with E-state index in [0.29, 0.717) is 13.0 Å². The third-order valence-electron chi connectivity index (χ3n) is 1.99. The molecule has 1 saturated heterocycles. The average Bonchev–Trinajstić information content (AvgIpc) is 2.06. The summed E-state index contributed by atoms with van der Waals surface area (Å²) in [7, 11) is 0. The summed E-state index contributed by atoms with van der Waals surface area (Å²) in [5.41, 5.74) is 0. The standard InChI is InChI=1S/C8H13F3O3/c9-8(10,11)2-4-14-7-5-13-3-1-6(7)12/h6-7,12H,1-5H2. The van der Waals surface area contributed by atoms with Gasteiger partial charge in [0.05, 0.1) is 25.7 Å². The molecule has 0 saturated carbocycles. The quantitative estimate of drug-likeness (QED) is 0.764. The number of alkyl halides is 3. The van der Waals surface area contributed by atoms with Crippen LogP contribution in [0.4, 0.5) is 13.2 Å². The minimum absolute atomic E-state index is 0.166. The van der Waals surface area contributed by atoms with Crippen molar-refractivity contribution in [3.8, 4) is 0 Å². The van der Waals surface area contributed by atoms with Crippen molar-refractivity contribution in [2.45, 2.75) is 31.2 Å². The van der Waals surface area contributed by atoms with Gasteiger partial charge in [-0.05, 0) is 6.42 Å². The normalized spacial score (nSPS) is 29.1. The van der Waals surface area contributed by atoms with Crippen LogP contribution in [0.5, 0.6) is 0 Å². The van der Waals surface area contributed by atoms with E-state index in [1.807, 2.05) is 0 Å². The zero-order valence-corrected chi connectivity index (χ0v) is 7.59. The smallest absolute Gasteiger partial charge is 0.390 e. The lowest BCUT2D eigenvalue weighted by molar-refractivity contribution is -0.166. The summed E-state index contributed by atoms with van der Waals surface area (Å²) >= 11 is 0. The van der Waals surface area contributed by atoms with E-state index in [1.54, 1.807) is 0 Å². The Balaban J connectivity index is 2.17. The van der Waals surface area contributed by atoms with Gasteiger partial charge < -0.3 is 14.6 Å². The van der Waals surface area contributed by atoms with Crippen molar-refractivity contribution in [1.82, 2.24) is 0 Å². The molecule has 1 fully saturated rings.